The molecule has 1 fully saturated rings. The van der Waals surface area contributed by atoms with E-state index >= 15 is 0 Å². The van der Waals surface area contributed by atoms with E-state index in [0.29, 0.717) is 11.6 Å². The van der Waals surface area contributed by atoms with E-state index < -0.39 is 0 Å². The maximum Gasteiger partial charge on any atom is 0.253 e. The fourth-order valence-electron chi connectivity index (χ4n) is 3.79. The molecule has 2 aromatic carbocycles. The lowest BCUT2D eigenvalue weighted by Gasteiger charge is -2.34. The molecule has 174 valence electrons. The van der Waals surface area contributed by atoms with Crippen LogP contribution in [-0.2, 0) is 6.42 Å². The zero-order valence-electron chi connectivity index (χ0n) is 19.0. The largest absolute Gasteiger partial charge is 0.371 e. The van der Waals surface area contributed by atoms with Gasteiger partial charge in [0.15, 0.2) is 5.96 Å². The molecule has 8 heteroatoms. The highest BCUT2D eigenvalue weighted by molar-refractivity contribution is 14.0. The fraction of sp³-hybridized carbons (Fsp3) is 0.417. The Morgan fingerprint density at radius 1 is 1.16 bits per heavy atom. The lowest BCUT2D eigenvalue weighted by Crippen LogP contribution is -2.49. The van der Waals surface area contributed by atoms with Gasteiger partial charge >= 0.3 is 0 Å². The van der Waals surface area contributed by atoms with E-state index in [0.717, 1.165) is 56.1 Å². The fourth-order valence-corrected chi connectivity index (χ4v) is 3.79. The van der Waals surface area contributed by atoms with E-state index in [1.807, 2.05) is 30.3 Å². The number of amides is 1. The molecular formula is C24H33FIN5O. The average molecular weight is 553 g/mol. The Hall–Kier alpha value is -2.36. The maximum absolute atomic E-state index is 13.5. The van der Waals surface area contributed by atoms with Crippen LogP contribution in [0.25, 0.3) is 0 Å². The van der Waals surface area contributed by atoms with Crippen LogP contribution < -0.4 is 15.5 Å². The highest BCUT2D eigenvalue weighted by atomic mass is 127. The van der Waals surface area contributed by atoms with E-state index in [9.17, 15) is 9.18 Å². The van der Waals surface area contributed by atoms with Crippen molar-refractivity contribution in [1.82, 2.24) is 15.5 Å². The summed E-state index contributed by atoms with van der Waals surface area (Å²) in [6, 6.07) is 14.9. The van der Waals surface area contributed by atoms with Crippen LogP contribution in [0.15, 0.2) is 53.5 Å². The van der Waals surface area contributed by atoms with Crippen LogP contribution in [0.1, 0.15) is 28.8 Å². The van der Waals surface area contributed by atoms with Gasteiger partial charge in [-0.05, 0) is 55.2 Å². The number of halogens is 2. The molecule has 1 aliphatic rings. The number of hydrogen-bond donors (Lipinski definition) is 2. The monoisotopic (exact) mass is 553 g/mol. The molecule has 0 radical (unpaired) electrons. The summed E-state index contributed by atoms with van der Waals surface area (Å²) in [4.78, 5) is 20.3. The van der Waals surface area contributed by atoms with Gasteiger partial charge in [-0.25, -0.2) is 4.39 Å². The minimum atomic E-state index is -0.195. The van der Waals surface area contributed by atoms with E-state index in [4.69, 9.17) is 0 Å². The minimum absolute atomic E-state index is 0. The summed E-state index contributed by atoms with van der Waals surface area (Å²) < 4.78 is 13.5. The van der Waals surface area contributed by atoms with Crippen LogP contribution in [0.5, 0.6) is 0 Å². The van der Waals surface area contributed by atoms with Crippen molar-refractivity contribution in [2.75, 3.05) is 45.7 Å². The lowest BCUT2D eigenvalue weighted by atomic mass is 10.0. The minimum Gasteiger partial charge on any atom is -0.371 e. The molecule has 2 N–H and O–H groups in total. The molecule has 0 unspecified atom stereocenters. The molecule has 0 spiro atoms. The van der Waals surface area contributed by atoms with Crippen LogP contribution in [0.2, 0.25) is 0 Å². The van der Waals surface area contributed by atoms with Gasteiger partial charge in [-0.1, -0.05) is 18.2 Å². The van der Waals surface area contributed by atoms with E-state index in [1.54, 1.807) is 38.2 Å². The SMILES string of the molecule is CN=C(NCCc1cccc(C(=O)N(C)C)c1)NC1CCN(c2cccc(F)c2)CC1.I. The summed E-state index contributed by atoms with van der Waals surface area (Å²) in [5.41, 5.74) is 2.75. The number of carbonyl (C=O) groups is 1. The van der Waals surface area contributed by atoms with Crippen molar-refractivity contribution in [3.05, 3.63) is 65.5 Å². The highest BCUT2D eigenvalue weighted by Gasteiger charge is 2.20. The number of nitrogens with zero attached hydrogens (tertiary/aromatic N) is 3. The Labute approximate surface area is 207 Å². The molecule has 32 heavy (non-hydrogen) atoms. The standard InChI is InChI=1S/C24H32FN5O.HI/c1-26-24(27-13-10-18-6-4-7-19(16-18)23(31)29(2)3)28-21-11-14-30(15-12-21)22-9-5-8-20(25)17-22;/h4-9,16-17,21H,10-15H2,1-3H3,(H2,26,27,28);1H. The van der Waals surface area contributed by atoms with Gasteiger partial charge in [-0.2, -0.15) is 0 Å². The number of piperidine rings is 1. The Morgan fingerprint density at radius 2 is 1.88 bits per heavy atom. The first kappa shape index (κ1) is 25.9. The molecule has 1 aliphatic heterocycles. The summed E-state index contributed by atoms with van der Waals surface area (Å²) >= 11 is 0. The molecule has 0 aliphatic carbocycles. The maximum atomic E-state index is 13.5. The number of anilines is 1. The Morgan fingerprint density at radius 3 is 2.53 bits per heavy atom. The highest BCUT2D eigenvalue weighted by Crippen LogP contribution is 2.20. The zero-order chi connectivity index (χ0) is 22.2. The van der Waals surface area contributed by atoms with Gasteiger partial charge in [0.05, 0.1) is 0 Å². The molecule has 2 aromatic rings. The van der Waals surface area contributed by atoms with Crippen LogP contribution >= 0.6 is 24.0 Å². The molecule has 3 rings (SSSR count). The first-order valence-electron chi connectivity index (χ1n) is 10.7. The number of nitrogens with one attached hydrogen (secondary N) is 2. The van der Waals surface area contributed by atoms with Gasteiger partial charge < -0.3 is 20.4 Å². The summed E-state index contributed by atoms with van der Waals surface area (Å²) in [5, 5.41) is 6.86. The first-order valence-corrected chi connectivity index (χ1v) is 10.7. The van der Waals surface area contributed by atoms with Crippen LogP contribution in [0, 0.1) is 5.82 Å². The third-order valence-electron chi connectivity index (χ3n) is 5.52. The van der Waals surface area contributed by atoms with Crippen molar-refractivity contribution >= 4 is 41.5 Å². The lowest BCUT2D eigenvalue weighted by molar-refractivity contribution is 0.0827. The predicted molar refractivity (Wildman–Crippen MR) is 140 cm³/mol. The van der Waals surface area contributed by atoms with Gasteiger partial charge in [-0.15, -0.1) is 24.0 Å². The summed E-state index contributed by atoms with van der Waals surface area (Å²) in [7, 11) is 5.29. The summed E-state index contributed by atoms with van der Waals surface area (Å²) in [6.07, 6.45) is 2.73. The van der Waals surface area contributed by atoms with Gasteiger partial charge in [0.1, 0.15) is 5.82 Å². The van der Waals surface area contributed by atoms with Gasteiger partial charge in [0, 0.05) is 58.1 Å². The molecule has 0 aromatic heterocycles. The quantitative estimate of drug-likeness (QED) is 0.327. The predicted octanol–water partition coefficient (Wildman–Crippen LogP) is 3.52. The van der Waals surface area contributed by atoms with Crippen molar-refractivity contribution in [3.8, 4) is 0 Å². The van der Waals surface area contributed by atoms with Crippen LogP contribution in [-0.4, -0.2) is 63.6 Å². The average Bonchev–Trinajstić information content (AvgIpc) is 2.78. The molecule has 1 amide bonds. The smallest absolute Gasteiger partial charge is 0.253 e. The molecule has 1 saturated heterocycles. The van der Waals surface area contributed by atoms with Gasteiger partial charge in [0.25, 0.3) is 5.91 Å². The summed E-state index contributed by atoms with van der Waals surface area (Å²) in [6.45, 7) is 2.48. The van der Waals surface area contributed by atoms with E-state index in [-0.39, 0.29) is 35.7 Å². The zero-order valence-corrected chi connectivity index (χ0v) is 21.3. The third-order valence-corrected chi connectivity index (χ3v) is 5.52. The second-order valence-electron chi connectivity index (χ2n) is 8.03. The van der Waals surface area contributed by atoms with Gasteiger partial charge in [0.2, 0.25) is 0 Å². The number of guanidine groups is 1. The number of aliphatic imine (C=N–C) groups is 1. The number of carbonyl (C=O) groups excluding carboxylic acids is 1. The topological polar surface area (TPSA) is 60.0 Å². The van der Waals surface area contributed by atoms with Crippen molar-refractivity contribution < 1.29 is 9.18 Å². The van der Waals surface area contributed by atoms with Crippen molar-refractivity contribution in [1.29, 1.82) is 0 Å². The van der Waals surface area contributed by atoms with Crippen molar-refractivity contribution in [2.24, 2.45) is 4.99 Å². The van der Waals surface area contributed by atoms with Crippen LogP contribution in [0.3, 0.4) is 0 Å². The number of benzene rings is 2. The molecule has 1 heterocycles. The first-order chi connectivity index (χ1) is 15.0. The third kappa shape index (κ3) is 7.36. The molecule has 6 nitrogen and oxygen atoms in total. The van der Waals surface area contributed by atoms with Crippen molar-refractivity contribution in [2.45, 2.75) is 25.3 Å². The normalized spacial score (nSPS) is 14.5. The second-order valence-corrected chi connectivity index (χ2v) is 8.03. The Bertz CT molecular complexity index is 913. The molecular weight excluding hydrogens is 520 g/mol. The number of rotatable bonds is 6. The van der Waals surface area contributed by atoms with Crippen molar-refractivity contribution in [3.63, 3.8) is 0 Å². The second kappa shape index (κ2) is 12.6. The summed E-state index contributed by atoms with van der Waals surface area (Å²) in [5.74, 6) is 0.598. The molecule has 0 saturated carbocycles. The molecule has 0 atom stereocenters. The Kier molecular flexibility index (Phi) is 10.2. The van der Waals surface area contributed by atoms with E-state index in [1.165, 1.54) is 6.07 Å². The molecule has 0 bridgehead atoms. The van der Waals surface area contributed by atoms with E-state index in [2.05, 4.69) is 20.5 Å². The van der Waals surface area contributed by atoms with Gasteiger partial charge in [-0.3, -0.25) is 9.79 Å². The van der Waals surface area contributed by atoms with Crippen LogP contribution in [0.4, 0.5) is 10.1 Å². The number of hydrogen-bond acceptors (Lipinski definition) is 3. The Balaban J connectivity index is 0.00000363.